The highest BCUT2D eigenvalue weighted by Gasteiger charge is 2.34. The van der Waals surface area contributed by atoms with Crippen molar-refractivity contribution in [1.82, 2.24) is 15.1 Å². The van der Waals surface area contributed by atoms with Gasteiger partial charge in [0, 0.05) is 28.0 Å². The largest absolute Gasteiger partial charge is 0.491 e. The van der Waals surface area contributed by atoms with E-state index < -0.39 is 0 Å². The first-order valence-electron chi connectivity index (χ1n) is 11.3. The number of aryl methyl sites for hydroxylation is 1. The van der Waals surface area contributed by atoms with Gasteiger partial charge in [-0.2, -0.15) is 0 Å². The average molecular weight is 492 g/mol. The van der Waals surface area contributed by atoms with E-state index >= 15 is 0 Å². The lowest BCUT2D eigenvalue weighted by molar-refractivity contribution is -0.135. The van der Waals surface area contributed by atoms with E-state index in [0.717, 1.165) is 23.3 Å². The maximum Gasteiger partial charge on any atom is 0.318 e. The summed E-state index contributed by atoms with van der Waals surface area (Å²) in [4.78, 5) is 31.0. The second kappa shape index (κ2) is 10.3. The van der Waals surface area contributed by atoms with E-state index in [1.54, 1.807) is 16.2 Å². The third-order valence-electron chi connectivity index (χ3n) is 5.62. The number of benzene rings is 1. The van der Waals surface area contributed by atoms with Gasteiger partial charge in [-0.3, -0.25) is 4.79 Å². The molecule has 1 aliphatic heterocycles. The number of carbonyl (C=O) groups excluding carboxylic acids is 2. The van der Waals surface area contributed by atoms with Gasteiger partial charge in [-0.15, -0.1) is 11.3 Å². The Morgan fingerprint density at radius 2 is 2.03 bits per heavy atom. The van der Waals surface area contributed by atoms with Crippen molar-refractivity contribution in [2.45, 2.75) is 65.6 Å². The molecule has 2 aromatic rings. The number of fused-ring (bicyclic) bond motifs is 1. The van der Waals surface area contributed by atoms with E-state index in [9.17, 15) is 9.59 Å². The Balaban J connectivity index is 1.78. The van der Waals surface area contributed by atoms with Crippen LogP contribution < -0.4 is 10.1 Å². The first-order chi connectivity index (χ1) is 15.5. The van der Waals surface area contributed by atoms with E-state index in [-0.39, 0.29) is 36.1 Å². The van der Waals surface area contributed by atoms with Gasteiger partial charge in [-0.05, 0) is 88.7 Å². The molecule has 1 atom stereocenters. The minimum atomic E-state index is -0.378. The Kier molecular flexibility index (Phi) is 7.96. The number of carbonyl (C=O) groups is 2. The van der Waals surface area contributed by atoms with E-state index in [0.29, 0.717) is 18.2 Å². The van der Waals surface area contributed by atoms with Crippen molar-refractivity contribution in [3.05, 3.63) is 50.7 Å². The molecule has 0 bridgehead atoms. The second-order valence-electron chi connectivity index (χ2n) is 9.78. The molecular weight excluding hydrogens is 458 g/mol. The first-order valence-corrected chi connectivity index (χ1v) is 12.6. The van der Waals surface area contributed by atoms with Crippen molar-refractivity contribution in [2.75, 3.05) is 19.7 Å². The zero-order valence-electron chi connectivity index (χ0n) is 20.3. The van der Waals surface area contributed by atoms with Crippen molar-refractivity contribution >= 4 is 34.9 Å². The molecule has 0 fully saturated rings. The number of ether oxygens (including phenoxy) is 1. The molecule has 1 aromatic carbocycles. The van der Waals surface area contributed by atoms with Crippen LogP contribution >= 0.6 is 22.9 Å². The molecule has 0 saturated carbocycles. The molecule has 0 radical (unpaired) electrons. The maximum atomic E-state index is 13.5. The lowest BCUT2D eigenvalue weighted by Gasteiger charge is -2.38. The van der Waals surface area contributed by atoms with E-state index in [4.69, 9.17) is 16.3 Å². The normalized spacial score (nSPS) is 15.9. The van der Waals surface area contributed by atoms with Crippen LogP contribution in [0.4, 0.5) is 4.79 Å². The minimum absolute atomic E-state index is 0.0234. The topological polar surface area (TPSA) is 61.9 Å². The zero-order valence-corrected chi connectivity index (χ0v) is 21.8. The van der Waals surface area contributed by atoms with Crippen molar-refractivity contribution in [3.63, 3.8) is 0 Å². The van der Waals surface area contributed by atoms with Crippen LogP contribution in [-0.2, 0) is 11.2 Å². The molecule has 0 aliphatic carbocycles. The molecule has 0 unspecified atom stereocenters. The Bertz CT molecular complexity index is 999. The SMILES string of the molecule is Cc1cc(OC[C@H]2c3ccsc3CCN2C(=O)CN(C(=O)NC(C)(C)C)C(C)C)ccc1Cl. The predicted octanol–water partition coefficient (Wildman–Crippen LogP) is 5.43. The number of nitrogens with zero attached hydrogens (tertiary/aromatic N) is 2. The molecule has 3 amide bonds. The number of hydrogen-bond acceptors (Lipinski definition) is 4. The van der Waals surface area contributed by atoms with Crippen LogP contribution in [0.5, 0.6) is 5.75 Å². The number of rotatable bonds is 6. The number of thiophene rings is 1. The number of halogens is 1. The number of hydrogen-bond donors (Lipinski definition) is 1. The Morgan fingerprint density at radius 1 is 1.30 bits per heavy atom. The number of nitrogens with one attached hydrogen (secondary N) is 1. The van der Waals surface area contributed by atoms with E-state index in [1.165, 1.54) is 4.88 Å². The molecule has 1 N–H and O–H groups in total. The zero-order chi connectivity index (χ0) is 24.3. The summed E-state index contributed by atoms with van der Waals surface area (Å²) in [5, 5.41) is 5.73. The van der Waals surface area contributed by atoms with Gasteiger partial charge in [0.05, 0.1) is 6.04 Å². The Morgan fingerprint density at radius 3 is 2.67 bits per heavy atom. The predicted molar refractivity (Wildman–Crippen MR) is 134 cm³/mol. The van der Waals surface area contributed by atoms with Crippen molar-refractivity contribution in [1.29, 1.82) is 0 Å². The molecule has 1 aromatic heterocycles. The fourth-order valence-electron chi connectivity index (χ4n) is 3.87. The van der Waals surface area contributed by atoms with Gasteiger partial charge in [0.25, 0.3) is 0 Å². The fraction of sp³-hybridized carbons (Fsp3) is 0.520. The van der Waals surface area contributed by atoms with Crippen LogP contribution in [0.25, 0.3) is 0 Å². The fourth-order valence-corrected chi connectivity index (χ4v) is 4.92. The van der Waals surface area contributed by atoms with Gasteiger partial charge >= 0.3 is 6.03 Å². The molecule has 0 saturated heterocycles. The van der Waals surface area contributed by atoms with Crippen LogP contribution in [-0.4, -0.2) is 53.0 Å². The lowest BCUT2D eigenvalue weighted by atomic mass is 10.0. The lowest BCUT2D eigenvalue weighted by Crippen LogP contribution is -2.54. The summed E-state index contributed by atoms with van der Waals surface area (Å²) < 4.78 is 6.11. The Hall–Kier alpha value is -2.25. The summed E-state index contributed by atoms with van der Waals surface area (Å²) in [6, 6.07) is 7.10. The second-order valence-corrected chi connectivity index (χ2v) is 11.2. The van der Waals surface area contributed by atoms with Crippen LogP contribution in [0.2, 0.25) is 5.02 Å². The van der Waals surface area contributed by atoms with Crippen molar-refractivity contribution in [2.24, 2.45) is 0 Å². The van der Waals surface area contributed by atoms with E-state index in [1.807, 2.05) is 64.6 Å². The van der Waals surface area contributed by atoms with Crippen molar-refractivity contribution < 1.29 is 14.3 Å². The third kappa shape index (κ3) is 6.42. The molecule has 6 nitrogen and oxygen atoms in total. The highest BCUT2D eigenvalue weighted by molar-refractivity contribution is 7.10. The molecular formula is C25H34ClN3O3S. The molecule has 0 spiro atoms. The molecule has 8 heteroatoms. The van der Waals surface area contributed by atoms with Gasteiger partial charge in [0.2, 0.25) is 5.91 Å². The van der Waals surface area contributed by atoms with Crippen LogP contribution in [0, 0.1) is 6.92 Å². The summed E-state index contributed by atoms with van der Waals surface area (Å²) in [7, 11) is 0. The standard InChI is InChI=1S/C25H34ClN3O3S/c1-16(2)29(24(31)27-25(4,5)6)14-23(30)28-11-9-22-19(10-12-33-22)21(28)15-32-18-7-8-20(26)17(3)13-18/h7-8,10,12-13,16,21H,9,11,14-15H2,1-6H3,(H,27,31)/t21-/m0/s1. The van der Waals surface area contributed by atoms with Crippen LogP contribution in [0.1, 0.15) is 56.7 Å². The quantitative estimate of drug-likeness (QED) is 0.585. The van der Waals surface area contributed by atoms with Crippen LogP contribution in [0.15, 0.2) is 29.6 Å². The average Bonchev–Trinajstić information content (AvgIpc) is 3.20. The smallest absolute Gasteiger partial charge is 0.318 e. The molecule has 3 rings (SSSR count). The third-order valence-corrected chi connectivity index (χ3v) is 7.04. The summed E-state index contributed by atoms with van der Waals surface area (Å²) >= 11 is 7.86. The van der Waals surface area contributed by atoms with Gasteiger partial charge in [-0.25, -0.2) is 4.79 Å². The van der Waals surface area contributed by atoms with Crippen molar-refractivity contribution in [3.8, 4) is 5.75 Å². The monoisotopic (exact) mass is 491 g/mol. The minimum Gasteiger partial charge on any atom is -0.491 e. The van der Waals surface area contributed by atoms with Gasteiger partial charge in [0.1, 0.15) is 18.9 Å². The summed E-state index contributed by atoms with van der Waals surface area (Å²) in [5.41, 5.74) is 1.69. The van der Waals surface area contributed by atoms with E-state index in [2.05, 4.69) is 16.8 Å². The highest BCUT2D eigenvalue weighted by Crippen LogP contribution is 2.34. The number of amides is 3. The Labute approximate surface area is 205 Å². The molecule has 2 heterocycles. The van der Waals surface area contributed by atoms with Gasteiger partial charge in [-0.1, -0.05) is 11.6 Å². The maximum absolute atomic E-state index is 13.5. The van der Waals surface area contributed by atoms with Crippen LogP contribution in [0.3, 0.4) is 0 Å². The molecule has 33 heavy (non-hydrogen) atoms. The number of urea groups is 1. The summed E-state index contributed by atoms with van der Waals surface area (Å²) in [6.07, 6.45) is 0.811. The first kappa shape index (κ1) is 25.4. The van der Waals surface area contributed by atoms with Gasteiger partial charge in [0.15, 0.2) is 0 Å². The summed E-state index contributed by atoms with van der Waals surface area (Å²) in [6.45, 7) is 12.5. The van der Waals surface area contributed by atoms with Gasteiger partial charge < -0.3 is 19.9 Å². The highest BCUT2D eigenvalue weighted by atomic mass is 35.5. The molecule has 1 aliphatic rings. The summed E-state index contributed by atoms with van der Waals surface area (Å²) in [5.74, 6) is 0.644. The molecule has 180 valence electrons.